The van der Waals surface area contributed by atoms with Crippen LogP contribution in [-0.4, -0.2) is 15.1 Å². The third kappa shape index (κ3) is 1.70. The minimum atomic E-state index is -0.893. The molecule has 0 bridgehead atoms. The average molecular weight is 222 g/mol. The molecular formula is C9H7FN4O2. The molecule has 0 fully saturated rings. The highest BCUT2D eigenvalue weighted by Crippen LogP contribution is 2.24. The standard InChI is InChI=1S/C9H7FN4O2/c10-6-3-5(1-2-8(6)14(15)16)7-4-9(11)13-12-7/h1-4H,(H3,11,12,13). The first kappa shape index (κ1) is 10.1. The lowest BCUT2D eigenvalue weighted by molar-refractivity contribution is -0.387. The first-order valence-corrected chi connectivity index (χ1v) is 4.33. The third-order valence-corrected chi connectivity index (χ3v) is 2.05. The Hall–Kier alpha value is -2.44. The average Bonchev–Trinajstić information content (AvgIpc) is 2.64. The van der Waals surface area contributed by atoms with Crippen LogP contribution < -0.4 is 5.73 Å². The lowest BCUT2D eigenvalue weighted by Crippen LogP contribution is -1.92. The molecule has 16 heavy (non-hydrogen) atoms. The summed E-state index contributed by atoms with van der Waals surface area (Å²) >= 11 is 0. The number of rotatable bonds is 2. The maximum atomic E-state index is 13.3. The highest BCUT2D eigenvalue weighted by molar-refractivity contribution is 5.63. The van der Waals surface area contributed by atoms with Gasteiger partial charge >= 0.3 is 5.69 Å². The number of aromatic nitrogens is 2. The molecule has 0 spiro atoms. The van der Waals surface area contributed by atoms with Gasteiger partial charge in [0.25, 0.3) is 0 Å². The number of nitrogens with two attached hydrogens (primary N) is 1. The van der Waals surface area contributed by atoms with Crippen molar-refractivity contribution in [3.8, 4) is 11.3 Å². The second kappa shape index (κ2) is 3.61. The summed E-state index contributed by atoms with van der Waals surface area (Å²) in [6.07, 6.45) is 0. The number of halogens is 1. The summed E-state index contributed by atoms with van der Waals surface area (Å²) in [5.41, 5.74) is 5.79. The summed E-state index contributed by atoms with van der Waals surface area (Å²) in [4.78, 5) is 9.62. The van der Waals surface area contributed by atoms with Crippen LogP contribution in [0.25, 0.3) is 11.3 Å². The van der Waals surface area contributed by atoms with E-state index < -0.39 is 16.4 Å². The number of anilines is 1. The minimum Gasteiger partial charge on any atom is -0.382 e. The summed E-state index contributed by atoms with van der Waals surface area (Å²) in [7, 11) is 0. The van der Waals surface area contributed by atoms with Crippen molar-refractivity contribution in [2.75, 3.05) is 5.73 Å². The fourth-order valence-corrected chi connectivity index (χ4v) is 1.31. The van der Waals surface area contributed by atoms with Gasteiger partial charge in [-0.3, -0.25) is 15.2 Å². The van der Waals surface area contributed by atoms with Crippen molar-refractivity contribution < 1.29 is 9.31 Å². The lowest BCUT2D eigenvalue weighted by atomic mass is 10.1. The van der Waals surface area contributed by atoms with Gasteiger partial charge in [-0.25, -0.2) is 0 Å². The fourth-order valence-electron chi connectivity index (χ4n) is 1.31. The van der Waals surface area contributed by atoms with Gasteiger partial charge in [0.2, 0.25) is 5.82 Å². The van der Waals surface area contributed by atoms with Crippen LogP contribution in [0.3, 0.4) is 0 Å². The van der Waals surface area contributed by atoms with Crippen molar-refractivity contribution in [2.45, 2.75) is 0 Å². The predicted molar refractivity (Wildman–Crippen MR) is 55.0 cm³/mol. The molecule has 0 aliphatic heterocycles. The zero-order valence-corrected chi connectivity index (χ0v) is 7.98. The minimum absolute atomic E-state index is 0.272. The first-order chi connectivity index (χ1) is 7.58. The maximum absolute atomic E-state index is 13.3. The Balaban J connectivity index is 2.45. The molecule has 0 amide bonds. The number of nitrogens with zero attached hydrogens (tertiary/aromatic N) is 2. The SMILES string of the molecule is Nc1cc(-c2ccc([N+](=O)[O-])c(F)c2)[nH]n1. The molecule has 7 heteroatoms. The quantitative estimate of drug-likeness (QED) is 0.596. The molecular weight excluding hydrogens is 215 g/mol. The number of benzene rings is 1. The van der Waals surface area contributed by atoms with E-state index in [9.17, 15) is 14.5 Å². The number of hydrogen-bond donors (Lipinski definition) is 2. The monoisotopic (exact) mass is 222 g/mol. The number of nitro groups is 1. The molecule has 82 valence electrons. The van der Waals surface area contributed by atoms with Crippen molar-refractivity contribution in [2.24, 2.45) is 0 Å². The fraction of sp³-hybridized carbons (Fsp3) is 0. The molecule has 1 aromatic carbocycles. The van der Waals surface area contributed by atoms with E-state index in [1.165, 1.54) is 12.1 Å². The number of aromatic amines is 1. The zero-order chi connectivity index (χ0) is 11.7. The second-order valence-corrected chi connectivity index (χ2v) is 3.13. The van der Waals surface area contributed by atoms with E-state index in [4.69, 9.17) is 5.73 Å². The Bertz CT molecular complexity index is 552. The first-order valence-electron chi connectivity index (χ1n) is 4.33. The largest absolute Gasteiger partial charge is 0.382 e. The van der Waals surface area contributed by atoms with Gasteiger partial charge in [0.1, 0.15) is 5.82 Å². The Morgan fingerprint density at radius 2 is 2.19 bits per heavy atom. The zero-order valence-electron chi connectivity index (χ0n) is 7.98. The van der Waals surface area contributed by atoms with Gasteiger partial charge in [-0.1, -0.05) is 0 Å². The molecule has 0 saturated carbocycles. The molecule has 1 aromatic heterocycles. The van der Waals surface area contributed by atoms with E-state index in [0.29, 0.717) is 11.3 Å². The van der Waals surface area contributed by atoms with Gasteiger partial charge in [-0.2, -0.15) is 9.49 Å². The highest BCUT2D eigenvalue weighted by Gasteiger charge is 2.14. The predicted octanol–water partition coefficient (Wildman–Crippen LogP) is 1.71. The van der Waals surface area contributed by atoms with E-state index in [0.717, 1.165) is 12.1 Å². The van der Waals surface area contributed by atoms with Gasteiger partial charge in [0.05, 0.1) is 10.6 Å². The second-order valence-electron chi connectivity index (χ2n) is 3.13. The van der Waals surface area contributed by atoms with E-state index >= 15 is 0 Å². The molecule has 2 aromatic rings. The van der Waals surface area contributed by atoms with Gasteiger partial charge in [0.15, 0.2) is 0 Å². The maximum Gasteiger partial charge on any atom is 0.304 e. The van der Waals surface area contributed by atoms with Crippen LogP contribution in [0.5, 0.6) is 0 Å². The number of H-pyrrole nitrogens is 1. The van der Waals surface area contributed by atoms with Crippen LogP contribution in [-0.2, 0) is 0 Å². The summed E-state index contributed by atoms with van der Waals surface area (Å²) in [6.45, 7) is 0. The van der Waals surface area contributed by atoms with Crippen molar-refractivity contribution in [3.63, 3.8) is 0 Å². The molecule has 0 aliphatic rings. The molecule has 6 nitrogen and oxygen atoms in total. The molecule has 0 saturated heterocycles. The molecule has 0 radical (unpaired) electrons. The third-order valence-electron chi connectivity index (χ3n) is 2.05. The number of hydrogen-bond acceptors (Lipinski definition) is 4. The Morgan fingerprint density at radius 3 is 2.69 bits per heavy atom. The number of nitrogen functional groups attached to an aromatic ring is 1. The summed E-state index contributed by atoms with van der Waals surface area (Å²) in [5, 5.41) is 16.7. The van der Waals surface area contributed by atoms with Crippen LogP contribution >= 0.6 is 0 Å². The number of nitrogens with one attached hydrogen (secondary N) is 1. The van der Waals surface area contributed by atoms with E-state index in [1.807, 2.05) is 0 Å². The Kier molecular flexibility index (Phi) is 2.28. The van der Waals surface area contributed by atoms with E-state index in [1.54, 1.807) is 0 Å². The van der Waals surface area contributed by atoms with Crippen molar-refractivity contribution in [3.05, 3.63) is 40.2 Å². The smallest absolute Gasteiger partial charge is 0.304 e. The summed E-state index contributed by atoms with van der Waals surface area (Å²) < 4.78 is 13.3. The van der Waals surface area contributed by atoms with Gasteiger partial charge < -0.3 is 5.73 Å². The molecule has 2 rings (SSSR count). The Labute approximate surface area is 89.0 Å². The molecule has 0 aliphatic carbocycles. The van der Waals surface area contributed by atoms with Crippen molar-refractivity contribution >= 4 is 11.5 Å². The Morgan fingerprint density at radius 1 is 1.44 bits per heavy atom. The summed E-state index contributed by atoms with van der Waals surface area (Å²) in [5.74, 6) is -0.621. The van der Waals surface area contributed by atoms with Crippen LogP contribution in [0.1, 0.15) is 0 Å². The van der Waals surface area contributed by atoms with Crippen molar-refractivity contribution in [1.29, 1.82) is 0 Å². The molecule has 0 unspecified atom stereocenters. The van der Waals surface area contributed by atoms with Crippen LogP contribution in [0.2, 0.25) is 0 Å². The lowest BCUT2D eigenvalue weighted by Gasteiger charge is -1.98. The van der Waals surface area contributed by atoms with Gasteiger partial charge in [0, 0.05) is 17.7 Å². The number of nitro benzene ring substituents is 1. The normalized spacial score (nSPS) is 10.3. The van der Waals surface area contributed by atoms with Crippen molar-refractivity contribution in [1.82, 2.24) is 10.2 Å². The van der Waals surface area contributed by atoms with Gasteiger partial charge in [-0.15, -0.1) is 0 Å². The molecule has 1 heterocycles. The van der Waals surface area contributed by atoms with Gasteiger partial charge in [-0.05, 0) is 12.1 Å². The summed E-state index contributed by atoms with van der Waals surface area (Å²) in [6, 6.07) is 5.10. The van der Waals surface area contributed by atoms with E-state index in [2.05, 4.69) is 10.2 Å². The van der Waals surface area contributed by atoms with Crippen LogP contribution in [0.15, 0.2) is 24.3 Å². The van der Waals surface area contributed by atoms with Crippen LogP contribution in [0.4, 0.5) is 15.9 Å². The highest BCUT2D eigenvalue weighted by atomic mass is 19.1. The molecule has 3 N–H and O–H groups in total. The topological polar surface area (TPSA) is 97.8 Å². The van der Waals surface area contributed by atoms with E-state index in [-0.39, 0.29) is 5.82 Å². The molecule has 0 atom stereocenters. The van der Waals surface area contributed by atoms with Crippen LogP contribution in [0, 0.1) is 15.9 Å².